The van der Waals surface area contributed by atoms with Gasteiger partial charge in [0.2, 0.25) is 0 Å². The Morgan fingerprint density at radius 3 is 2.43 bits per heavy atom. The zero-order valence-electron chi connectivity index (χ0n) is 7.59. The van der Waals surface area contributed by atoms with E-state index in [2.05, 4.69) is 5.32 Å². The lowest BCUT2D eigenvalue weighted by molar-refractivity contribution is 0.346. The molecule has 14 heavy (non-hydrogen) atoms. The van der Waals surface area contributed by atoms with Gasteiger partial charge in [0.25, 0.3) is 0 Å². The molecule has 0 aromatic heterocycles. The van der Waals surface area contributed by atoms with E-state index in [4.69, 9.17) is 0 Å². The Kier molecular flexibility index (Phi) is 3.84. The Bertz CT molecular complexity index is 313. The Labute approximate surface area is 87.9 Å². The summed E-state index contributed by atoms with van der Waals surface area (Å²) in [6, 6.07) is 4.13. The summed E-state index contributed by atoms with van der Waals surface area (Å²) in [6.45, 7) is 1.97. The third-order valence-electron chi connectivity index (χ3n) is 2.37. The van der Waals surface area contributed by atoms with E-state index in [0.29, 0.717) is 5.92 Å². The van der Waals surface area contributed by atoms with Gasteiger partial charge in [-0.1, -0.05) is 6.07 Å². The summed E-state index contributed by atoms with van der Waals surface area (Å²) in [5, 5.41) is 3.14. The second-order valence-electron chi connectivity index (χ2n) is 3.48. The number of nitrogens with one attached hydrogen (secondary N) is 1. The molecule has 1 heterocycles. The molecule has 0 saturated carbocycles. The number of benzene rings is 1. The molecule has 1 aromatic carbocycles. The fraction of sp³-hybridized carbons (Fsp3) is 0.400. The van der Waals surface area contributed by atoms with Gasteiger partial charge in [-0.2, -0.15) is 0 Å². The third-order valence-corrected chi connectivity index (χ3v) is 2.37. The summed E-state index contributed by atoms with van der Waals surface area (Å²) >= 11 is 0. The molecule has 1 fully saturated rings. The molecule has 1 N–H and O–H groups in total. The van der Waals surface area contributed by atoms with Crippen LogP contribution in [0.15, 0.2) is 18.2 Å². The van der Waals surface area contributed by atoms with Crippen LogP contribution in [0.4, 0.5) is 8.78 Å². The van der Waals surface area contributed by atoms with Crippen LogP contribution in [0.2, 0.25) is 0 Å². The second kappa shape index (κ2) is 4.71. The molecule has 0 bridgehead atoms. The highest BCUT2D eigenvalue weighted by molar-refractivity contribution is 5.85. The first kappa shape index (κ1) is 11.4. The molecule has 1 aliphatic rings. The van der Waals surface area contributed by atoms with E-state index in [1.807, 2.05) is 0 Å². The number of halogens is 3. The fourth-order valence-corrected chi connectivity index (χ4v) is 1.49. The average molecular weight is 220 g/mol. The van der Waals surface area contributed by atoms with Crippen molar-refractivity contribution in [2.24, 2.45) is 5.92 Å². The molecule has 78 valence electrons. The Morgan fingerprint density at radius 1 is 1.21 bits per heavy atom. The highest BCUT2D eigenvalue weighted by Gasteiger charge is 2.17. The van der Waals surface area contributed by atoms with Gasteiger partial charge < -0.3 is 5.32 Å². The van der Waals surface area contributed by atoms with Crippen molar-refractivity contribution in [1.82, 2.24) is 5.32 Å². The van der Waals surface area contributed by atoms with Gasteiger partial charge in [-0.3, -0.25) is 0 Å². The zero-order valence-corrected chi connectivity index (χ0v) is 8.41. The lowest BCUT2D eigenvalue weighted by Gasteiger charge is -2.27. The summed E-state index contributed by atoms with van der Waals surface area (Å²) in [5.41, 5.74) is 0.880. The van der Waals surface area contributed by atoms with Gasteiger partial charge in [0.15, 0.2) is 11.6 Å². The monoisotopic (exact) mass is 219 g/mol. The van der Waals surface area contributed by atoms with Crippen LogP contribution in [0.5, 0.6) is 0 Å². The Balaban J connectivity index is 0.000000980. The number of hydrogen-bond donors (Lipinski definition) is 1. The highest BCUT2D eigenvalue weighted by Crippen LogP contribution is 2.15. The maximum Gasteiger partial charge on any atom is 0.159 e. The van der Waals surface area contributed by atoms with Crippen molar-refractivity contribution in [1.29, 1.82) is 0 Å². The predicted octanol–water partition coefficient (Wildman–Crippen LogP) is 2.15. The van der Waals surface area contributed by atoms with Gasteiger partial charge in [0.1, 0.15) is 0 Å². The van der Waals surface area contributed by atoms with Crippen molar-refractivity contribution < 1.29 is 8.78 Å². The van der Waals surface area contributed by atoms with Crippen molar-refractivity contribution in [2.45, 2.75) is 6.42 Å². The quantitative estimate of drug-likeness (QED) is 0.804. The van der Waals surface area contributed by atoms with Gasteiger partial charge in [-0.25, -0.2) is 8.78 Å². The van der Waals surface area contributed by atoms with Crippen LogP contribution in [0.3, 0.4) is 0 Å². The standard InChI is InChI=1S/C10H11F2N.ClH/c11-9-2-1-7(4-10(9)12)3-8-5-13-6-8;/h1-2,4,8,13H,3,5-6H2;1H. The van der Waals surface area contributed by atoms with Crippen LogP contribution in [0.1, 0.15) is 5.56 Å². The molecule has 0 spiro atoms. The SMILES string of the molecule is Cl.Fc1ccc(CC2CNC2)cc1F. The molecule has 1 aromatic rings. The van der Waals surface area contributed by atoms with Gasteiger partial charge >= 0.3 is 0 Å². The van der Waals surface area contributed by atoms with E-state index in [1.54, 1.807) is 6.07 Å². The van der Waals surface area contributed by atoms with E-state index >= 15 is 0 Å². The van der Waals surface area contributed by atoms with Crippen molar-refractivity contribution >= 4 is 12.4 Å². The molecule has 0 unspecified atom stereocenters. The number of rotatable bonds is 2. The van der Waals surface area contributed by atoms with Gasteiger partial charge in [-0.15, -0.1) is 12.4 Å². The third kappa shape index (κ3) is 2.42. The highest BCUT2D eigenvalue weighted by atomic mass is 35.5. The first-order chi connectivity index (χ1) is 6.25. The van der Waals surface area contributed by atoms with E-state index in [-0.39, 0.29) is 12.4 Å². The van der Waals surface area contributed by atoms with Gasteiger partial charge in [0.05, 0.1) is 0 Å². The normalized spacial score (nSPS) is 15.9. The van der Waals surface area contributed by atoms with Crippen LogP contribution in [-0.4, -0.2) is 13.1 Å². The van der Waals surface area contributed by atoms with Crippen LogP contribution < -0.4 is 5.32 Å². The van der Waals surface area contributed by atoms with Crippen molar-refractivity contribution in [3.8, 4) is 0 Å². The summed E-state index contributed by atoms with van der Waals surface area (Å²) in [6.07, 6.45) is 0.837. The summed E-state index contributed by atoms with van der Waals surface area (Å²) in [4.78, 5) is 0. The summed E-state index contributed by atoms with van der Waals surface area (Å²) in [7, 11) is 0. The second-order valence-corrected chi connectivity index (χ2v) is 3.48. The lowest BCUT2D eigenvalue weighted by atomic mass is 9.94. The zero-order chi connectivity index (χ0) is 9.26. The Hall–Kier alpha value is -0.670. The van der Waals surface area contributed by atoms with Crippen LogP contribution in [0, 0.1) is 17.6 Å². The number of hydrogen-bond acceptors (Lipinski definition) is 1. The maximum absolute atomic E-state index is 12.8. The van der Waals surface area contributed by atoms with Crippen molar-refractivity contribution in [2.75, 3.05) is 13.1 Å². The average Bonchev–Trinajstić information content (AvgIpc) is 2.04. The van der Waals surface area contributed by atoms with Gasteiger partial charge in [-0.05, 0) is 43.1 Å². The molecule has 1 nitrogen and oxygen atoms in total. The molecule has 0 atom stereocenters. The van der Waals surface area contributed by atoms with Gasteiger partial charge in [0, 0.05) is 0 Å². The molecule has 2 rings (SSSR count). The molecule has 0 aliphatic carbocycles. The molecular formula is C10H12ClF2N. The smallest absolute Gasteiger partial charge is 0.159 e. The first-order valence-electron chi connectivity index (χ1n) is 4.40. The molecule has 1 aliphatic heterocycles. The van der Waals surface area contributed by atoms with E-state index in [1.165, 1.54) is 12.1 Å². The molecule has 0 amide bonds. The van der Waals surface area contributed by atoms with Crippen LogP contribution >= 0.6 is 12.4 Å². The lowest BCUT2D eigenvalue weighted by Crippen LogP contribution is -2.43. The minimum Gasteiger partial charge on any atom is -0.316 e. The van der Waals surface area contributed by atoms with Crippen LogP contribution in [-0.2, 0) is 6.42 Å². The Morgan fingerprint density at radius 2 is 1.93 bits per heavy atom. The molecule has 1 saturated heterocycles. The summed E-state index contributed by atoms with van der Waals surface area (Å²) < 4.78 is 25.3. The minimum absolute atomic E-state index is 0. The maximum atomic E-state index is 12.8. The van der Waals surface area contributed by atoms with Crippen LogP contribution in [0.25, 0.3) is 0 Å². The molecule has 0 radical (unpaired) electrons. The summed E-state index contributed by atoms with van der Waals surface area (Å²) in [5.74, 6) is -0.926. The van der Waals surface area contributed by atoms with E-state index in [0.717, 1.165) is 25.1 Å². The fourth-order valence-electron chi connectivity index (χ4n) is 1.49. The van der Waals surface area contributed by atoms with E-state index in [9.17, 15) is 8.78 Å². The van der Waals surface area contributed by atoms with Crippen molar-refractivity contribution in [3.63, 3.8) is 0 Å². The topological polar surface area (TPSA) is 12.0 Å². The van der Waals surface area contributed by atoms with Crippen molar-refractivity contribution in [3.05, 3.63) is 35.4 Å². The largest absolute Gasteiger partial charge is 0.316 e. The molecule has 4 heteroatoms. The predicted molar refractivity (Wildman–Crippen MR) is 53.7 cm³/mol. The molecular weight excluding hydrogens is 208 g/mol. The first-order valence-corrected chi connectivity index (χ1v) is 4.40. The minimum atomic E-state index is -0.768. The van der Waals surface area contributed by atoms with E-state index < -0.39 is 11.6 Å².